The smallest absolute Gasteiger partial charge is 0.262 e. The number of likely N-dealkylation sites (N-methyl/N-ethyl adjacent to an activating group) is 1. The number of anilines is 2. The highest BCUT2D eigenvalue weighted by atomic mass is 79.9. The number of carbonyl (C=O) groups is 2. The van der Waals surface area contributed by atoms with Crippen molar-refractivity contribution in [1.82, 2.24) is 5.32 Å². The Bertz CT molecular complexity index is 865. The third kappa shape index (κ3) is 4.44. The van der Waals surface area contributed by atoms with Gasteiger partial charge < -0.3 is 20.3 Å². The first kappa shape index (κ1) is 19.7. The second-order valence-corrected chi connectivity index (χ2v) is 7.93. The number of carbonyl (C=O) groups excluding carboxylic acids is 2. The number of para-hydroxylation sites is 2. The van der Waals surface area contributed by atoms with Crippen molar-refractivity contribution in [3.8, 4) is 5.75 Å². The van der Waals surface area contributed by atoms with Crippen LogP contribution in [0, 0.1) is 6.92 Å². The molecular formula is C19H19Br2N3O3. The zero-order valence-electron chi connectivity index (χ0n) is 14.9. The molecule has 0 unspecified atom stereocenters. The highest BCUT2D eigenvalue weighted by molar-refractivity contribution is 9.11. The molecule has 2 aromatic rings. The van der Waals surface area contributed by atoms with Gasteiger partial charge in [-0.15, -0.1) is 0 Å². The maximum atomic E-state index is 12.7. The molecule has 142 valence electrons. The molecule has 0 fully saturated rings. The van der Waals surface area contributed by atoms with E-state index in [9.17, 15) is 9.59 Å². The van der Waals surface area contributed by atoms with Crippen molar-refractivity contribution in [2.75, 3.05) is 30.4 Å². The molecular weight excluding hydrogens is 478 g/mol. The summed E-state index contributed by atoms with van der Waals surface area (Å²) in [6.07, 6.45) is -0.671. The molecule has 0 saturated carbocycles. The summed E-state index contributed by atoms with van der Waals surface area (Å²) in [7, 11) is 1.57. The third-order valence-corrected chi connectivity index (χ3v) is 5.44. The molecule has 8 heteroatoms. The molecule has 0 spiro atoms. The lowest BCUT2D eigenvalue weighted by molar-refractivity contribution is -0.127. The predicted octanol–water partition coefficient (Wildman–Crippen LogP) is 3.47. The first-order valence-electron chi connectivity index (χ1n) is 8.36. The van der Waals surface area contributed by atoms with Crippen molar-refractivity contribution in [2.45, 2.75) is 13.0 Å². The van der Waals surface area contributed by atoms with Crippen LogP contribution in [-0.2, 0) is 9.59 Å². The summed E-state index contributed by atoms with van der Waals surface area (Å²) in [6, 6.07) is 11.3. The van der Waals surface area contributed by atoms with Crippen molar-refractivity contribution in [2.24, 2.45) is 0 Å². The van der Waals surface area contributed by atoms with Crippen LogP contribution in [0.4, 0.5) is 11.4 Å². The number of benzene rings is 2. The van der Waals surface area contributed by atoms with E-state index in [0.29, 0.717) is 18.0 Å². The van der Waals surface area contributed by atoms with Crippen LogP contribution in [0.3, 0.4) is 0 Å². The van der Waals surface area contributed by atoms with Gasteiger partial charge in [-0.05, 0) is 68.6 Å². The van der Waals surface area contributed by atoms with Crippen molar-refractivity contribution in [3.05, 3.63) is 50.9 Å². The second kappa shape index (κ2) is 8.31. The van der Waals surface area contributed by atoms with E-state index < -0.39 is 6.10 Å². The van der Waals surface area contributed by atoms with E-state index in [0.717, 1.165) is 20.2 Å². The van der Waals surface area contributed by atoms with Crippen molar-refractivity contribution >= 4 is 55.0 Å². The van der Waals surface area contributed by atoms with Crippen LogP contribution >= 0.6 is 31.9 Å². The van der Waals surface area contributed by atoms with Gasteiger partial charge in [0.05, 0.1) is 24.5 Å². The maximum Gasteiger partial charge on any atom is 0.262 e. The van der Waals surface area contributed by atoms with E-state index in [-0.39, 0.29) is 18.4 Å². The van der Waals surface area contributed by atoms with Gasteiger partial charge in [0, 0.05) is 16.0 Å². The minimum Gasteiger partial charge on any atom is -0.477 e. The first-order valence-corrected chi connectivity index (χ1v) is 9.95. The fourth-order valence-corrected chi connectivity index (χ4v) is 4.54. The Hall–Kier alpha value is -2.06. The van der Waals surface area contributed by atoms with Gasteiger partial charge in [0.25, 0.3) is 5.91 Å². The van der Waals surface area contributed by atoms with E-state index in [2.05, 4.69) is 42.5 Å². The summed E-state index contributed by atoms with van der Waals surface area (Å²) in [6.45, 7) is 2.37. The Morgan fingerprint density at radius 2 is 1.89 bits per heavy atom. The average molecular weight is 497 g/mol. The first-order chi connectivity index (χ1) is 12.9. The normalized spacial score (nSPS) is 15.6. The predicted molar refractivity (Wildman–Crippen MR) is 112 cm³/mol. The summed E-state index contributed by atoms with van der Waals surface area (Å²) in [5.74, 6) is 0.175. The van der Waals surface area contributed by atoms with Gasteiger partial charge in [-0.2, -0.15) is 0 Å². The molecule has 27 heavy (non-hydrogen) atoms. The number of nitrogens with zero attached hydrogens (tertiary/aromatic N) is 1. The Balaban J connectivity index is 1.79. The molecule has 3 rings (SSSR count). The van der Waals surface area contributed by atoms with E-state index in [1.54, 1.807) is 13.1 Å². The Morgan fingerprint density at radius 1 is 1.22 bits per heavy atom. The molecule has 1 atom stereocenters. The molecule has 1 aliphatic rings. The monoisotopic (exact) mass is 495 g/mol. The van der Waals surface area contributed by atoms with E-state index in [4.69, 9.17) is 4.74 Å². The Morgan fingerprint density at radius 3 is 2.56 bits per heavy atom. The molecule has 2 N–H and O–H groups in total. The minimum absolute atomic E-state index is 0.0978. The number of ether oxygens (including phenoxy) is 1. The number of fused-ring (bicyclic) bond motifs is 1. The lowest BCUT2D eigenvalue weighted by atomic mass is 10.1. The summed E-state index contributed by atoms with van der Waals surface area (Å²) in [4.78, 5) is 26.6. The standard InChI is InChI=1S/C19H19Br2N3O3/c1-11-7-12(20)18(13(21)8-11)23-17(25)10-24-9-16(19(26)22-2)27-15-6-4-3-5-14(15)24/h3-8,16H,9-10H2,1-2H3,(H,22,26)(H,23,25)/t16-/m0/s1. The summed E-state index contributed by atoms with van der Waals surface area (Å²) in [5, 5.41) is 5.52. The molecule has 0 radical (unpaired) electrons. The molecule has 1 aliphatic heterocycles. The highest BCUT2D eigenvalue weighted by Crippen LogP contribution is 2.34. The van der Waals surface area contributed by atoms with Gasteiger partial charge in [0.1, 0.15) is 5.75 Å². The van der Waals surface area contributed by atoms with Crippen LogP contribution in [0.2, 0.25) is 0 Å². The van der Waals surface area contributed by atoms with Gasteiger partial charge in [-0.1, -0.05) is 12.1 Å². The zero-order chi connectivity index (χ0) is 19.6. The number of hydrogen-bond donors (Lipinski definition) is 2. The summed E-state index contributed by atoms with van der Waals surface area (Å²) < 4.78 is 7.36. The molecule has 2 amide bonds. The van der Waals surface area contributed by atoms with Gasteiger partial charge in [0.2, 0.25) is 5.91 Å². The van der Waals surface area contributed by atoms with Gasteiger partial charge in [-0.25, -0.2) is 0 Å². The number of nitrogens with one attached hydrogen (secondary N) is 2. The largest absolute Gasteiger partial charge is 0.477 e. The topological polar surface area (TPSA) is 70.7 Å². The molecule has 6 nitrogen and oxygen atoms in total. The van der Waals surface area contributed by atoms with Crippen LogP contribution < -0.4 is 20.3 Å². The van der Waals surface area contributed by atoms with E-state index in [1.165, 1.54) is 0 Å². The minimum atomic E-state index is -0.671. The van der Waals surface area contributed by atoms with Crippen molar-refractivity contribution in [3.63, 3.8) is 0 Å². The molecule has 0 saturated heterocycles. The van der Waals surface area contributed by atoms with Gasteiger partial charge in [-0.3, -0.25) is 9.59 Å². The molecule has 0 bridgehead atoms. The summed E-state index contributed by atoms with van der Waals surface area (Å²) in [5.41, 5.74) is 2.53. The average Bonchev–Trinajstić information content (AvgIpc) is 2.63. The van der Waals surface area contributed by atoms with E-state index in [1.807, 2.05) is 42.2 Å². The van der Waals surface area contributed by atoms with Gasteiger partial charge in [0.15, 0.2) is 6.10 Å². The summed E-state index contributed by atoms with van der Waals surface area (Å²) >= 11 is 6.97. The number of halogens is 2. The number of amides is 2. The lowest BCUT2D eigenvalue weighted by Crippen LogP contribution is -2.50. The zero-order valence-corrected chi connectivity index (χ0v) is 18.1. The second-order valence-electron chi connectivity index (χ2n) is 6.22. The molecule has 1 heterocycles. The van der Waals surface area contributed by atoms with E-state index >= 15 is 0 Å². The highest BCUT2D eigenvalue weighted by Gasteiger charge is 2.31. The number of aryl methyl sites for hydroxylation is 1. The molecule has 2 aromatic carbocycles. The van der Waals surface area contributed by atoms with Gasteiger partial charge >= 0.3 is 0 Å². The Labute approximate surface area is 174 Å². The fraction of sp³-hybridized carbons (Fsp3) is 0.263. The molecule has 0 aliphatic carbocycles. The maximum absolute atomic E-state index is 12.7. The van der Waals surface area contributed by atoms with Crippen LogP contribution in [-0.4, -0.2) is 38.1 Å². The lowest BCUT2D eigenvalue weighted by Gasteiger charge is -2.35. The fourth-order valence-electron chi connectivity index (χ4n) is 2.93. The quantitative estimate of drug-likeness (QED) is 0.679. The number of hydrogen-bond acceptors (Lipinski definition) is 4. The Kier molecular flexibility index (Phi) is 6.06. The van der Waals surface area contributed by atoms with Crippen LogP contribution in [0.25, 0.3) is 0 Å². The van der Waals surface area contributed by atoms with Crippen molar-refractivity contribution in [1.29, 1.82) is 0 Å². The SMILES string of the molecule is CNC(=O)[C@@H]1CN(CC(=O)Nc2c(Br)cc(C)cc2Br)c2ccccc2O1. The van der Waals surface area contributed by atoms with Crippen LogP contribution in [0.5, 0.6) is 5.75 Å². The van der Waals surface area contributed by atoms with Crippen LogP contribution in [0.1, 0.15) is 5.56 Å². The van der Waals surface area contributed by atoms with Crippen LogP contribution in [0.15, 0.2) is 45.3 Å². The third-order valence-electron chi connectivity index (χ3n) is 4.19. The molecule has 0 aromatic heterocycles. The number of rotatable bonds is 4. The van der Waals surface area contributed by atoms with Crippen molar-refractivity contribution < 1.29 is 14.3 Å².